The Hall–Kier alpha value is -1.69. The molecule has 20 heavy (non-hydrogen) atoms. The third-order valence-corrected chi connectivity index (χ3v) is 4.15. The van der Waals surface area contributed by atoms with Gasteiger partial charge in [-0.1, -0.05) is 41.6 Å². The number of nitriles is 1. The lowest BCUT2D eigenvalue weighted by molar-refractivity contribution is 1.28. The van der Waals surface area contributed by atoms with E-state index in [0.29, 0.717) is 9.93 Å². The summed E-state index contributed by atoms with van der Waals surface area (Å²) >= 11 is 7.33. The summed E-state index contributed by atoms with van der Waals surface area (Å²) < 4.78 is 0. The Kier molecular flexibility index (Phi) is 4.89. The van der Waals surface area contributed by atoms with Gasteiger partial charge in [-0.25, -0.2) is 0 Å². The van der Waals surface area contributed by atoms with Crippen LogP contribution in [0.3, 0.4) is 0 Å². The molecule has 0 spiro atoms. The van der Waals surface area contributed by atoms with E-state index in [1.54, 1.807) is 0 Å². The van der Waals surface area contributed by atoms with Crippen LogP contribution in [-0.4, -0.2) is 0 Å². The Labute approximate surface area is 128 Å². The van der Waals surface area contributed by atoms with E-state index in [4.69, 9.17) is 11.6 Å². The zero-order valence-electron chi connectivity index (χ0n) is 11.4. The van der Waals surface area contributed by atoms with Crippen molar-refractivity contribution in [2.75, 3.05) is 0 Å². The molecule has 0 aliphatic rings. The molecule has 0 heterocycles. The van der Waals surface area contributed by atoms with Crippen LogP contribution in [0.1, 0.15) is 16.7 Å². The van der Waals surface area contributed by atoms with Gasteiger partial charge in [-0.15, -0.1) is 0 Å². The molecule has 2 rings (SSSR count). The van der Waals surface area contributed by atoms with Crippen molar-refractivity contribution in [2.45, 2.75) is 18.7 Å². The van der Waals surface area contributed by atoms with E-state index in [-0.39, 0.29) is 0 Å². The molecule has 0 aliphatic heterocycles. The summed E-state index contributed by atoms with van der Waals surface area (Å²) in [7, 11) is 0. The van der Waals surface area contributed by atoms with Gasteiger partial charge < -0.3 is 0 Å². The first kappa shape index (κ1) is 14.7. The van der Waals surface area contributed by atoms with E-state index in [1.165, 1.54) is 22.9 Å². The van der Waals surface area contributed by atoms with Crippen LogP contribution in [0.25, 0.3) is 6.08 Å². The first-order valence-corrected chi connectivity index (χ1v) is 7.40. The summed E-state index contributed by atoms with van der Waals surface area (Å²) in [6, 6.07) is 15.9. The van der Waals surface area contributed by atoms with Gasteiger partial charge in [0.25, 0.3) is 0 Å². The van der Waals surface area contributed by atoms with Crippen molar-refractivity contribution in [2.24, 2.45) is 0 Å². The van der Waals surface area contributed by atoms with Gasteiger partial charge in [0.2, 0.25) is 0 Å². The van der Waals surface area contributed by atoms with Crippen molar-refractivity contribution in [3.63, 3.8) is 0 Å². The summed E-state index contributed by atoms with van der Waals surface area (Å²) in [6.07, 6.45) is 1.87. The number of hydrogen-bond acceptors (Lipinski definition) is 2. The average Bonchev–Trinajstić information content (AvgIpc) is 2.44. The Morgan fingerprint density at radius 3 is 2.40 bits per heavy atom. The smallest absolute Gasteiger partial charge is 0.106 e. The number of thioether (sulfide) groups is 1. The lowest BCUT2D eigenvalue weighted by atomic mass is 10.1. The molecular weight excluding hydrogens is 286 g/mol. The van der Waals surface area contributed by atoms with E-state index in [2.05, 4.69) is 32.0 Å². The maximum absolute atomic E-state index is 9.26. The standard InChI is InChI=1S/C17H14ClNS/c1-12-3-8-16(9-13(12)2)20-17(11-19)10-14-4-6-15(18)7-5-14/h3-10H,1-2H3. The van der Waals surface area contributed by atoms with Crippen molar-refractivity contribution in [3.8, 4) is 6.07 Å². The van der Waals surface area contributed by atoms with Gasteiger partial charge in [0.05, 0.1) is 4.91 Å². The van der Waals surface area contributed by atoms with Gasteiger partial charge in [0.15, 0.2) is 0 Å². The van der Waals surface area contributed by atoms with Crippen LogP contribution < -0.4 is 0 Å². The minimum atomic E-state index is 0.663. The number of allylic oxidation sites excluding steroid dienone is 1. The molecule has 0 bridgehead atoms. The molecule has 0 fully saturated rings. The summed E-state index contributed by atoms with van der Waals surface area (Å²) in [4.78, 5) is 1.74. The van der Waals surface area contributed by atoms with Gasteiger partial charge in [0, 0.05) is 9.92 Å². The molecule has 0 atom stereocenters. The summed E-state index contributed by atoms with van der Waals surface area (Å²) in [6.45, 7) is 4.16. The number of aryl methyl sites for hydroxylation is 2. The molecule has 0 unspecified atom stereocenters. The number of rotatable bonds is 3. The fraction of sp³-hybridized carbons (Fsp3) is 0.118. The first-order valence-electron chi connectivity index (χ1n) is 6.21. The SMILES string of the molecule is Cc1ccc(SC(C#N)=Cc2ccc(Cl)cc2)cc1C. The molecule has 0 radical (unpaired) electrons. The molecule has 0 aliphatic carbocycles. The molecule has 3 heteroatoms. The van der Waals surface area contributed by atoms with E-state index < -0.39 is 0 Å². The van der Waals surface area contributed by atoms with Gasteiger partial charge in [0.1, 0.15) is 6.07 Å². The lowest BCUT2D eigenvalue weighted by Crippen LogP contribution is -1.82. The molecule has 0 saturated carbocycles. The molecule has 0 aromatic heterocycles. The number of hydrogen-bond donors (Lipinski definition) is 0. The van der Waals surface area contributed by atoms with Crippen LogP contribution in [0.4, 0.5) is 0 Å². The maximum Gasteiger partial charge on any atom is 0.106 e. The van der Waals surface area contributed by atoms with E-state index >= 15 is 0 Å². The first-order chi connectivity index (χ1) is 9.58. The molecular formula is C17H14ClNS. The molecule has 2 aromatic carbocycles. The largest absolute Gasteiger partial charge is 0.192 e. The zero-order valence-corrected chi connectivity index (χ0v) is 12.9. The highest BCUT2D eigenvalue weighted by molar-refractivity contribution is 8.03. The summed E-state index contributed by atoms with van der Waals surface area (Å²) in [5.41, 5.74) is 3.47. The second-order valence-corrected chi connectivity index (χ2v) is 6.07. The fourth-order valence-corrected chi connectivity index (χ4v) is 2.69. The van der Waals surface area contributed by atoms with Gasteiger partial charge >= 0.3 is 0 Å². The van der Waals surface area contributed by atoms with E-state index in [9.17, 15) is 5.26 Å². The van der Waals surface area contributed by atoms with Crippen molar-refractivity contribution in [1.29, 1.82) is 5.26 Å². The topological polar surface area (TPSA) is 23.8 Å². The molecule has 0 N–H and O–H groups in total. The third kappa shape index (κ3) is 3.90. The predicted molar refractivity (Wildman–Crippen MR) is 86.8 cm³/mol. The van der Waals surface area contributed by atoms with Crippen LogP contribution in [0.5, 0.6) is 0 Å². The third-order valence-electron chi connectivity index (χ3n) is 2.98. The van der Waals surface area contributed by atoms with Crippen LogP contribution in [-0.2, 0) is 0 Å². The number of halogens is 1. The highest BCUT2D eigenvalue weighted by atomic mass is 35.5. The second kappa shape index (κ2) is 6.65. The Balaban J connectivity index is 2.22. The van der Waals surface area contributed by atoms with Gasteiger partial charge in [-0.2, -0.15) is 5.26 Å². The highest BCUT2D eigenvalue weighted by Gasteiger charge is 2.02. The van der Waals surface area contributed by atoms with Crippen molar-refractivity contribution < 1.29 is 0 Å². The van der Waals surface area contributed by atoms with E-state index in [0.717, 1.165) is 10.5 Å². The van der Waals surface area contributed by atoms with Crippen LogP contribution >= 0.6 is 23.4 Å². The number of benzene rings is 2. The summed E-state index contributed by atoms with van der Waals surface area (Å²) in [5.74, 6) is 0. The Bertz CT molecular complexity index is 681. The molecule has 2 aromatic rings. The molecule has 100 valence electrons. The molecule has 1 nitrogen and oxygen atoms in total. The predicted octanol–water partition coefficient (Wildman–Crippen LogP) is 5.61. The monoisotopic (exact) mass is 299 g/mol. The zero-order chi connectivity index (χ0) is 14.5. The normalized spacial score (nSPS) is 11.2. The van der Waals surface area contributed by atoms with Crippen LogP contribution in [0.15, 0.2) is 52.3 Å². The Morgan fingerprint density at radius 1 is 1.10 bits per heavy atom. The van der Waals surface area contributed by atoms with Crippen molar-refractivity contribution in [1.82, 2.24) is 0 Å². The van der Waals surface area contributed by atoms with Crippen LogP contribution in [0.2, 0.25) is 5.02 Å². The van der Waals surface area contributed by atoms with Gasteiger partial charge in [-0.05, 0) is 60.9 Å². The number of nitrogens with zero attached hydrogens (tertiary/aromatic N) is 1. The van der Waals surface area contributed by atoms with Crippen LogP contribution in [0, 0.1) is 25.2 Å². The minimum Gasteiger partial charge on any atom is -0.192 e. The quantitative estimate of drug-likeness (QED) is 0.543. The molecule has 0 amide bonds. The minimum absolute atomic E-state index is 0.663. The summed E-state index contributed by atoms with van der Waals surface area (Å²) in [5, 5.41) is 9.96. The lowest BCUT2D eigenvalue weighted by Gasteiger charge is -2.04. The van der Waals surface area contributed by atoms with Crippen molar-refractivity contribution >= 4 is 29.4 Å². The van der Waals surface area contributed by atoms with Gasteiger partial charge in [-0.3, -0.25) is 0 Å². The fourth-order valence-electron chi connectivity index (χ4n) is 1.70. The van der Waals surface area contributed by atoms with E-state index in [1.807, 2.05) is 36.4 Å². The highest BCUT2D eigenvalue weighted by Crippen LogP contribution is 2.29. The Morgan fingerprint density at radius 2 is 1.80 bits per heavy atom. The maximum atomic E-state index is 9.26. The molecule has 0 saturated heterocycles. The van der Waals surface area contributed by atoms with Crippen molar-refractivity contribution in [3.05, 3.63) is 69.1 Å². The second-order valence-electron chi connectivity index (χ2n) is 4.52. The average molecular weight is 300 g/mol.